The summed E-state index contributed by atoms with van der Waals surface area (Å²) in [6.07, 6.45) is 2.63. The van der Waals surface area contributed by atoms with Crippen LogP contribution in [0.1, 0.15) is 15.9 Å². The van der Waals surface area contributed by atoms with Gasteiger partial charge in [-0.3, -0.25) is 4.79 Å². The Morgan fingerprint density at radius 3 is 2.56 bits per heavy atom. The van der Waals surface area contributed by atoms with Crippen molar-refractivity contribution in [3.63, 3.8) is 0 Å². The number of benzene rings is 2. The fourth-order valence-electron chi connectivity index (χ4n) is 2.83. The molecule has 25 heavy (non-hydrogen) atoms. The van der Waals surface area contributed by atoms with Crippen LogP contribution in [0.3, 0.4) is 0 Å². The average molecular weight is 359 g/mol. The molecule has 0 unspecified atom stereocenters. The largest absolute Gasteiger partial charge is 0.496 e. The van der Waals surface area contributed by atoms with Crippen molar-refractivity contribution < 1.29 is 14.3 Å². The normalized spacial score (nSPS) is 10.7. The van der Waals surface area contributed by atoms with Crippen LogP contribution >= 0.6 is 11.6 Å². The number of nitrogens with one attached hydrogen (secondary N) is 2. The number of hydrogen-bond acceptors (Lipinski definition) is 3. The Morgan fingerprint density at radius 2 is 1.88 bits per heavy atom. The van der Waals surface area contributed by atoms with Crippen molar-refractivity contribution in [3.05, 3.63) is 58.7 Å². The highest BCUT2D eigenvalue weighted by Gasteiger charge is 2.17. The number of hydrogen-bond donors (Lipinski definition) is 2. The van der Waals surface area contributed by atoms with Crippen molar-refractivity contribution in [2.45, 2.75) is 6.42 Å². The summed E-state index contributed by atoms with van der Waals surface area (Å²) in [5.74, 6) is 0.735. The summed E-state index contributed by atoms with van der Waals surface area (Å²) in [6.45, 7) is 0.486. The Bertz CT molecular complexity index is 883. The molecule has 2 N–H and O–H groups in total. The van der Waals surface area contributed by atoms with Gasteiger partial charge in [-0.05, 0) is 42.3 Å². The number of fused-ring (bicyclic) bond motifs is 1. The predicted molar refractivity (Wildman–Crippen MR) is 98.9 cm³/mol. The van der Waals surface area contributed by atoms with E-state index in [1.807, 2.05) is 24.4 Å². The number of halogens is 1. The van der Waals surface area contributed by atoms with Crippen molar-refractivity contribution in [3.8, 4) is 11.5 Å². The van der Waals surface area contributed by atoms with Crippen LogP contribution in [-0.4, -0.2) is 31.7 Å². The Balaban J connectivity index is 1.72. The lowest BCUT2D eigenvalue weighted by atomic mass is 10.1. The third-order valence-corrected chi connectivity index (χ3v) is 4.30. The molecule has 0 aliphatic carbocycles. The van der Waals surface area contributed by atoms with Crippen molar-refractivity contribution in [1.82, 2.24) is 10.3 Å². The maximum atomic E-state index is 12.6. The maximum absolute atomic E-state index is 12.6. The van der Waals surface area contributed by atoms with Crippen molar-refractivity contribution >= 4 is 28.4 Å². The molecule has 0 atom stereocenters. The number of H-pyrrole nitrogens is 1. The van der Waals surface area contributed by atoms with E-state index in [4.69, 9.17) is 21.1 Å². The van der Waals surface area contributed by atoms with E-state index in [0.717, 1.165) is 16.5 Å². The Morgan fingerprint density at radius 1 is 1.16 bits per heavy atom. The van der Waals surface area contributed by atoms with Crippen molar-refractivity contribution in [1.29, 1.82) is 0 Å². The minimum Gasteiger partial charge on any atom is -0.496 e. The molecule has 6 heteroatoms. The molecule has 3 aromatic rings. The molecule has 0 bridgehead atoms. The van der Waals surface area contributed by atoms with Crippen LogP contribution < -0.4 is 14.8 Å². The zero-order chi connectivity index (χ0) is 17.8. The number of aromatic nitrogens is 1. The predicted octanol–water partition coefficient (Wildman–Crippen LogP) is 3.81. The number of methoxy groups -OCH3 is 2. The second-order valence-corrected chi connectivity index (χ2v) is 5.98. The minimum atomic E-state index is -0.229. The van der Waals surface area contributed by atoms with Crippen LogP contribution in [0, 0.1) is 0 Å². The molecule has 0 aliphatic heterocycles. The molecule has 130 valence electrons. The van der Waals surface area contributed by atoms with Gasteiger partial charge in [0.15, 0.2) is 0 Å². The smallest absolute Gasteiger partial charge is 0.258 e. The van der Waals surface area contributed by atoms with Gasteiger partial charge in [0, 0.05) is 28.7 Å². The molecule has 3 rings (SSSR count). The quantitative estimate of drug-likeness (QED) is 0.704. The summed E-state index contributed by atoms with van der Waals surface area (Å²) in [5, 5.41) is 4.68. The second-order valence-electron chi connectivity index (χ2n) is 5.55. The van der Waals surface area contributed by atoms with Gasteiger partial charge in [-0.15, -0.1) is 0 Å². The third kappa shape index (κ3) is 3.56. The first-order valence-corrected chi connectivity index (χ1v) is 8.26. The summed E-state index contributed by atoms with van der Waals surface area (Å²) in [5.41, 5.74) is 2.52. The molecule has 1 aromatic heterocycles. The zero-order valence-electron chi connectivity index (χ0n) is 14.1. The Kier molecular flexibility index (Phi) is 5.14. The Labute approximate surface area is 150 Å². The van der Waals surface area contributed by atoms with E-state index in [2.05, 4.69) is 10.3 Å². The molecule has 0 fully saturated rings. The van der Waals surface area contributed by atoms with Gasteiger partial charge in [0.05, 0.1) is 14.2 Å². The van der Waals surface area contributed by atoms with E-state index in [-0.39, 0.29) is 5.91 Å². The van der Waals surface area contributed by atoms with Gasteiger partial charge in [0.1, 0.15) is 17.1 Å². The third-order valence-electron chi connectivity index (χ3n) is 4.06. The Hall–Kier alpha value is -2.66. The number of carbonyl (C=O) groups excluding carboxylic acids is 1. The van der Waals surface area contributed by atoms with Gasteiger partial charge in [-0.25, -0.2) is 0 Å². The van der Waals surface area contributed by atoms with Crippen LogP contribution in [0.4, 0.5) is 0 Å². The first-order chi connectivity index (χ1) is 12.1. The van der Waals surface area contributed by atoms with E-state index in [1.165, 1.54) is 14.2 Å². The summed E-state index contributed by atoms with van der Waals surface area (Å²) >= 11 is 6.07. The number of aromatic amines is 1. The first-order valence-electron chi connectivity index (χ1n) is 7.88. The molecule has 0 radical (unpaired) electrons. The fourth-order valence-corrected chi connectivity index (χ4v) is 3.00. The van der Waals surface area contributed by atoms with E-state index < -0.39 is 0 Å². The molecule has 0 saturated carbocycles. The minimum absolute atomic E-state index is 0.229. The summed E-state index contributed by atoms with van der Waals surface area (Å²) in [4.78, 5) is 15.8. The molecule has 0 spiro atoms. The topological polar surface area (TPSA) is 63.4 Å². The number of carbonyl (C=O) groups is 1. The fraction of sp³-hybridized carbons (Fsp3) is 0.211. The highest BCUT2D eigenvalue weighted by molar-refractivity contribution is 6.31. The van der Waals surface area contributed by atoms with Gasteiger partial charge in [0.25, 0.3) is 5.91 Å². The average Bonchev–Trinajstić information content (AvgIpc) is 3.03. The van der Waals surface area contributed by atoms with Gasteiger partial charge < -0.3 is 19.8 Å². The first kappa shape index (κ1) is 17.2. The molecule has 1 amide bonds. The molecule has 5 nitrogen and oxygen atoms in total. The van der Waals surface area contributed by atoms with E-state index in [0.29, 0.717) is 35.1 Å². The molecule has 0 saturated heterocycles. The highest BCUT2D eigenvalue weighted by atomic mass is 35.5. The van der Waals surface area contributed by atoms with Gasteiger partial charge in [-0.2, -0.15) is 0 Å². The molecular weight excluding hydrogens is 340 g/mol. The lowest BCUT2D eigenvalue weighted by Crippen LogP contribution is -2.26. The van der Waals surface area contributed by atoms with E-state index in [9.17, 15) is 4.79 Å². The number of ether oxygens (including phenoxy) is 2. The molecular formula is C19H19ClN2O3. The summed E-state index contributed by atoms with van der Waals surface area (Å²) in [7, 11) is 3.06. The highest BCUT2D eigenvalue weighted by Crippen LogP contribution is 2.28. The standard InChI is InChI=1S/C19H19ClN2O3/c1-24-16-4-3-5-17(25-2)18(16)19(23)21-9-8-12-11-22-15-7-6-13(20)10-14(12)15/h3-7,10-11,22H,8-9H2,1-2H3,(H,21,23). The maximum Gasteiger partial charge on any atom is 0.258 e. The van der Waals surface area contributed by atoms with Crippen molar-refractivity contribution in [2.75, 3.05) is 20.8 Å². The van der Waals surface area contributed by atoms with Crippen LogP contribution in [0.2, 0.25) is 5.02 Å². The SMILES string of the molecule is COc1cccc(OC)c1C(=O)NCCc1c[nH]c2ccc(Cl)cc12. The summed E-state index contributed by atoms with van der Waals surface area (Å²) in [6, 6.07) is 11.0. The van der Waals surface area contributed by atoms with Gasteiger partial charge >= 0.3 is 0 Å². The van der Waals surface area contributed by atoms with E-state index in [1.54, 1.807) is 18.2 Å². The van der Waals surface area contributed by atoms with Crippen molar-refractivity contribution in [2.24, 2.45) is 0 Å². The van der Waals surface area contributed by atoms with Crippen LogP contribution in [-0.2, 0) is 6.42 Å². The lowest BCUT2D eigenvalue weighted by Gasteiger charge is -2.12. The summed E-state index contributed by atoms with van der Waals surface area (Å²) < 4.78 is 10.5. The number of amides is 1. The number of rotatable bonds is 6. The van der Waals surface area contributed by atoms with E-state index >= 15 is 0 Å². The van der Waals surface area contributed by atoms with Gasteiger partial charge in [-0.1, -0.05) is 17.7 Å². The monoisotopic (exact) mass is 358 g/mol. The van der Waals surface area contributed by atoms with Crippen LogP contribution in [0.5, 0.6) is 11.5 Å². The molecule has 2 aromatic carbocycles. The zero-order valence-corrected chi connectivity index (χ0v) is 14.8. The molecule has 1 heterocycles. The van der Waals surface area contributed by atoms with Gasteiger partial charge in [0.2, 0.25) is 0 Å². The lowest BCUT2D eigenvalue weighted by molar-refractivity contribution is 0.0948. The van der Waals surface area contributed by atoms with Crippen LogP contribution in [0.25, 0.3) is 10.9 Å². The second kappa shape index (κ2) is 7.49. The molecule has 0 aliphatic rings. The van der Waals surface area contributed by atoms with Crippen LogP contribution in [0.15, 0.2) is 42.6 Å².